The van der Waals surface area contributed by atoms with Gasteiger partial charge in [-0.05, 0) is 57.6 Å². The Morgan fingerprint density at radius 3 is 2.96 bits per heavy atom. The number of fused-ring (bicyclic) bond motifs is 1. The molecule has 0 atom stereocenters. The van der Waals surface area contributed by atoms with Gasteiger partial charge in [-0.2, -0.15) is 0 Å². The highest BCUT2D eigenvalue weighted by Crippen LogP contribution is 2.27. The Labute approximate surface area is 154 Å². The van der Waals surface area contributed by atoms with E-state index in [1.54, 1.807) is 36.6 Å². The predicted molar refractivity (Wildman–Crippen MR) is 99.2 cm³/mol. The summed E-state index contributed by atoms with van der Waals surface area (Å²) in [5.74, 6) is 0.605. The van der Waals surface area contributed by atoms with E-state index in [0.717, 1.165) is 19.5 Å². The van der Waals surface area contributed by atoms with Gasteiger partial charge in [-0.25, -0.2) is 13.1 Å². The molecule has 1 aromatic carbocycles. The fourth-order valence-corrected chi connectivity index (χ4v) is 5.36. The van der Waals surface area contributed by atoms with Crippen molar-refractivity contribution < 1.29 is 13.2 Å². The number of sulfonamides is 1. The third-order valence-corrected chi connectivity index (χ3v) is 7.14. The third-order valence-electron chi connectivity index (χ3n) is 4.04. The molecule has 1 aromatic heterocycles. The smallest absolute Gasteiger partial charge is 0.240 e. The van der Waals surface area contributed by atoms with Crippen LogP contribution in [-0.4, -0.2) is 40.1 Å². The van der Waals surface area contributed by atoms with Crippen molar-refractivity contribution in [2.24, 2.45) is 0 Å². The standard InChI is InChI=1S/C16H19BrN2O3S2/c1-22-15-3-2-13(10-14(15)17)24(20,21)18-6-8-19-7-4-16-12(11-19)5-9-23-16/h2-3,5,9-10,18H,4,6-8,11H2,1H3. The van der Waals surface area contributed by atoms with E-state index < -0.39 is 10.0 Å². The van der Waals surface area contributed by atoms with Gasteiger partial charge >= 0.3 is 0 Å². The average Bonchev–Trinajstić information content (AvgIpc) is 3.02. The van der Waals surface area contributed by atoms with Crippen LogP contribution < -0.4 is 9.46 Å². The highest BCUT2D eigenvalue weighted by Gasteiger charge is 2.19. The summed E-state index contributed by atoms with van der Waals surface area (Å²) in [5, 5.41) is 2.12. The highest BCUT2D eigenvalue weighted by atomic mass is 79.9. The molecule has 5 nitrogen and oxygen atoms in total. The van der Waals surface area contributed by atoms with Gasteiger partial charge in [0.05, 0.1) is 16.5 Å². The van der Waals surface area contributed by atoms with E-state index in [-0.39, 0.29) is 4.90 Å². The SMILES string of the molecule is COc1ccc(S(=O)(=O)NCCN2CCc3sccc3C2)cc1Br. The van der Waals surface area contributed by atoms with Crippen molar-refractivity contribution in [2.75, 3.05) is 26.7 Å². The first-order valence-electron chi connectivity index (χ1n) is 7.60. The molecule has 0 fully saturated rings. The third kappa shape index (κ3) is 4.00. The number of benzene rings is 1. The number of nitrogens with zero attached hydrogens (tertiary/aromatic N) is 1. The second kappa shape index (κ2) is 7.53. The molecule has 1 aliphatic heterocycles. The molecule has 1 aliphatic rings. The van der Waals surface area contributed by atoms with Crippen molar-refractivity contribution in [1.29, 1.82) is 0 Å². The molecule has 2 aromatic rings. The van der Waals surface area contributed by atoms with Gasteiger partial charge in [0, 0.05) is 31.1 Å². The summed E-state index contributed by atoms with van der Waals surface area (Å²) < 4.78 is 33.2. The second-order valence-corrected chi connectivity index (χ2v) is 9.21. The maximum Gasteiger partial charge on any atom is 0.240 e. The minimum Gasteiger partial charge on any atom is -0.496 e. The van der Waals surface area contributed by atoms with Crippen molar-refractivity contribution in [2.45, 2.75) is 17.9 Å². The topological polar surface area (TPSA) is 58.6 Å². The lowest BCUT2D eigenvalue weighted by molar-refractivity contribution is 0.260. The first-order valence-corrected chi connectivity index (χ1v) is 10.8. The molecule has 24 heavy (non-hydrogen) atoms. The Morgan fingerprint density at radius 2 is 2.21 bits per heavy atom. The van der Waals surface area contributed by atoms with Crippen molar-refractivity contribution in [3.63, 3.8) is 0 Å². The van der Waals surface area contributed by atoms with E-state index in [0.29, 0.717) is 23.3 Å². The number of ether oxygens (including phenoxy) is 1. The molecule has 0 spiro atoms. The number of nitrogens with one attached hydrogen (secondary N) is 1. The predicted octanol–water partition coefficient (Wildman–Crippen LogP) is 2.86. The van der Waals surface area contributed by atoms with Gasteiger partial charge in [0.25, 0.3) is 0 Å². The largest absolute Gasteiger partial charge is 0.496 e. The summed E-state index contributed by atoms with van der Waals surface area (Å²) in [4.78, 5) is 3.96. The van der Waals surface area contributed by atoms with Gasteiger partial charge in [0.2, 0.25) is 10.0 Å². The Balaban J connectivity index is 1.57. The maximum absolute atomic E-state index is 12.4. The average molecular weight is 431 g/mol. The zero-order chi connectivity index (χ0) is 17.2. The molecular weight excluding hydrogens is 412 g/mol. The van der Waals surface area contributed by atoms with Crippen molar-refractivity contribution in [3.05, 3.63) is 44.6 Å². The molecular formula is C16H19BrN2O3S2. The van der Waals surface area contributed by atoms with E-state index >= 15 is 0 Å². The second-order valence-electron chi connectivity index (χ2n) is 5.59. The normalized spacial score (nSPS) is 15.2. The summed E-state index contributed by atoms with van der Waals surface area (Å²) in [5.41, 5.74) is 1.37. The lowest BCUT2D eigenvalue weighted by Crippen LogP contribution is -2.37. The summed E-state index contributed by atoms with van der Waals surface area (Å²) in [6.07, 6.45) is 1.05. The molecule has 2 heterocycles. The Kier molecular flexibility index (Phi) is 5.61. The zero-order valence-corrected chi connectivity index (χ0v) is 16.5. The fourth-order valence-electron chi connectivity index (χ4n) is 2.73. The van der Waals surface area contributed by atoms with E-state index in [9.17, 15) is 8.42 Å². The maximum atomic E-state index is 12.4. The molecule has 0 bridgehead atoms. The molecule has 1 N–H and O–H groups in total. The van der Waals surface area contributed by atoms with Crippen LogP contribution >= 0.6 is 27.3 Å². The number of rotatable bonds is 6. The van der Waals surface area contributed by atoms with Crippen molar-refractivity contribution in [1.82, 2.24) is 9.62 Å². The van der Waals surface area contributed by atoms with Crippen LogP contribution in [0.4, 0.5) is 0 Å². The summed E-state index contributed by atoms with van der Waals surface area (Å²) in [6.45, 7) is 2.97. The van der Waals surface area contributed by atoms with Crippen LogP contribution in [0.15, 0.2) is 39.0 Å². The molecule has 0 amide bonds. The van der Waals surface area contributed by atoms with E-state index in [1.807, 2.05) is 0 Å². The first kappa shape index (κ1) is 17.9. The van der Waals surface area contributed by atoms with Crippen LogP contribution in [0.3, 0.4) is 0 Å². The van der Waals surface area contributed by atoms with Gasteiger partial charge in [0.15, 0.2) is 0 Å². The summed E-state index contributed by atoms with van der Waals surface area (Å²) >= 11 is 5.12. The molecule has 0 aliphatic carbocycles. The van der Waals surface area contributed by atoms with Crippen LogP contribution in [0.1, 0.15) is 10.4 Å². The molecule has 0 saturated carbocycles. The molecule has 8 heteroatoms. The minimum absolute atomic E-state index is 0.230. The Hall–Kier alpha value is -0.930. The van der Waals surface area contributed by atoms with Crippen molar-refractivity contribution in [3.8, 4) is 5.75 Å². The minimum atomic E-state index is -3.52. The number of hydrogen-bond acceptors (Lipinski definition) is 5. The van der Waals surface area contributed by atoms with Gasteiger partial charge in [-0.15, -0.1) is 11.3 Å². The van der Waals surface area contributed by atoms with Crippen LogP contribution in [0.5, 0.6) is 5.75 Å². The van der Waals surface area contributed by atoms with Gasteiger partial charge in [-0.3, -0.25) is 4.90 Å². The fraction of sp³-hybridized carbons (Fsp3) is 0.375. The number of thiophene rings is 1. The van der Waals surface area contributed by atoms with E-state index in [1.165, 1.54) is 10.4 Å². The number of methoxy groups -OCH3 is 1. The van der Waals surface area contributed by atoms with Crippen LogP contribution in [0, 0.1) is 0 Å². The van der Waals surface area contributed by atoms with E-state index in [2.05, 4.69) is 37.0 Å². The van der Waals surface area contributed by atoms with Gasteiger partial charge in [-0.1, -0.05) is 0 Å². The molecule has 0 unspecified atom stereocenters. The summed E-state index contributed by atoms with van der Waals surface area (Å²) in [7, 11) is -1.97. The lowest BCUT2D eigenvalue weighted by Gasteiger charge is -2.26. The van der Waals surface area contributed by atoms with Crippen LogP contribution in [0.2, 0.25) is 0 Å². The van der Waals surface area contributed by atoms with E-state index in [4.69, 9.17) is 4.74 Å². The van der Waals surface area contributed by atoms with Crippen molar-refractivity contribution >= 4 is 37.3 Å². The summed E-state index contributed by atoms with van der Waals surface area (Å²) in [6, 6.07) is 6.90. The van der Waals surface area contributed by atoms with Gasteiger partial charge < -0.3 is 4.74 Å². The quantitative estimate of drug-likeness (QED) is 0.765. The monoisotopic (exact) mass is 430 g/mol. The van der Waals surface area contributed by atoms with Gasteiger partial charge in [0.1, 0.15) is 5.75 Å². The number of hydrogen-bond donors (Lipinski definition) is 1. The molecule has 0 saturated heterocycles. The Bertz CT molecular complexity index is 820. The highest BCUT2D eigenvalue weighted by molar-refractivity contribution is 9.10. The Morgan fingerprint density at radius 1 is 1.38 bits per heavy atom. The molecule has 130 valence electrons. The molecule has 0 radical (unpaired) electrons. The zero-order valence-electron chi connectivity index (χ0n) is 13.3. The molecule has 3 rings (SSSR count). The lowest BCUT2D eigenvalue weighted by atomic mass is 10.1. The first-order chi connectivity index (χ1) is 11.5. The number of halogens is 1. The van der Waals surface area contributed by atoms with Crippen LogP contribution in [-0.2, 0) is 23.0 Å². The van der Waals surface area contributed by atoms with Crippen LogP contribution in [0.25, 0.3) is 0 Å².